The van der Waals surface area contributed by atoms with Crippen LogP contribution in [0.4, 0.5) is 23.2 Å². The van der Waals surface area contributed by atoms with Crippen LogP contribution < -0.4 is 10.1 Å². The van der Waals surface area contributed by atoms with Crippen LogP contribution in [0.15, 0.2) is 58.2 Å². The molecule has 28 heavy (non-hydrogen) atoms. The van der Waals surface area contributed by atoms with Gasteiger partial charge in [0, 0.05) is 11.3 Å². The number of amides is 1. The van der Waals surface area contributed by atoms with E-state index in [4.69, 9.17) is 4.42 Å². The molecule has 0 saturated carbocycles. The third-order valence-electron chi connectivity index (χ3n) is 3.20. The summed E-state index contributed by atoms with van der Waals surface area (Å²) in [6, 6.07) is 10.2. The molecule has 2 aromatic carbocycles. The van der Waals surface area contributed by atoms with E-state index in [1.165, 1.54) is 36.4 Å². The van der Waals surface area contributed by atoms with E-state index in [-0.39, 0.29) is 22.6 Å². The molecular formula is C17H11F4N3O3S. The van der Waals surface area contributed by atoms with Crippen molar-refractivity contribution in [2.24, 2.45) is 0 Å². The second-order valence-electron chi connectivity index (χ2n) is 5.29. The lowest BCUT2D eigenvalue weighted by Gasteiger charge is -2.09. The number of thioether (sulfide) groups is 1. The lowest BCUT2D eigenvalue weighted by molar-refractivity contribution is -0.274. The fourth-order valence-electron chi connectivity index (χ4n) is 2.04. The number of rotatable bonds is 6. The molecular weight excluding hydrogens is 402 g/mol. The van der Waals surface area contributed by atoms with Crippen LogP contribution in [0.25, 0.3) is 11.5 Å². The van der Waals surface area contributed by atoms with E-state index in [1.807, 2.05) is 0 Å². The van der Waals surface area contributed by atoms with Gasteiger partial charge in [-0.15, -0.1) is 23.4 Å². The smallest absolute Gasteiger partial charge is 0.411 e. The number of benzene rings is 2. The van der Waals surface area contributed by atoms with Crippen LogP contribution in [0.5, 0.6) is 5.75 Å². The number of anilines is 1. The van der Waals surface area contributed by atoms with Crippen molar-refractivity contribution in [2.75, 3.05) is 11.1 Å². The van der Waals surface area contributed by atoms with Gasteiger partial charge in [0.15, 0.2) is 0 Å². The molecule has 0 aliphatic rings. The van der Waals surface area contributed by atoms with Gasteiger partial charge >= 0.3 is 6.36 Å². The third-order valence-corrected chi connectivity index (χ3v) is 4.01. The van der Waals surface area contributed by atoms with Gasteiger partial charge in [-0.1, -0.05) is 11.8 Å². The summed E-state index contributed by atoms with van der Waals surface area (Å²) < 4.78 is 58.4. The molecule has 0 bridgehead atoms. The number of aromatic nitrogens is 2. The maximum absolute atomic E-state index is 12.9. The first-order valence-corrected chi connectivity index (χ1v) is 8.65. The van der Waals surface area contributed by atoms with E-state index in [2.05, 4.69) is 20.3 Å². The summed E-state index contributed by atoms with van der Waals surface area (Å²) in [5, 5.41) is 10.3. The van der Waals surface area contributed by atoms with Crippen molar-refractivity contribution < 1.29 is 31.5 Å². The summed E-state index contributed by atoms with van der Waals surface area (Å²) in [5.41, 5.74) is 0.837. The molecule has 0 fully saturated rings. The van der Waals surface area contributed by atoms with Crippen molar-refractivity contribution in [3.05, 3.63) is 54.3 Å². The molecule has 1 amide bonds. The van der Waals surface area contributed by atoms with Gasteiger partial charge in [-0.2, -0.15) is 0 Å². The fraction of sp³-hybridized carbons (Fsp3) is 0.118. The molecule has 146 valence electrons. The number of ether oxygens (including phenoxy) is 1. The summed E-state index contributed by atoms with van der Waals surface area (Å²) in [7, 11) is 0. The molecule has 3 aromatic rings. The monoisotopic (exact) mass is 413 g/mol. The van der Waals surface area contributed by atoms with Gasteiger partial charge in [0.2, 0.25) is 11.8 Å². The van der Waals surface area contributed by atoms with E-state index >= 15 is 0 Å². The van der Waals surface area contributed by atoms with E-state index < -0.39 is 18.1 Å². The lowest BCUT2D eigenvalue weighted by atomic mass is 10.2. The van der Waals surface area contributed by atoms with Crippen molar-refractivity contribution in [1.82, 2.24) is 10.2 Å². The Labute approximate surface area is 159 Å². The quantitative estimate of drug-likeness (QED) is 0.474. The van der Waals surface area contributed by atoms with Crippen molar-refractivity contribution in [3.63, 3.8) is 0 Å². The predicted molar refractivity (Wildman–Crippen MR) is 92.2 cm³/mol. The fourth-order valence-corrected chi connectivity index (χ4v) is 2.60. The Morgan fingerprint density at radius 3 is 2.39 bits per heavy atom. The number of carbonyl (C=O) groups is 1. The second-order valence-corrected chi connectivity index (χ2v) is 6.22. The first-order chi connectivity index (χ1) is 13.3. The molecule has 3 rings (SSSR count). The van der Waals surface area contributed by atoms with Gasteiger partial charge in [0.1, 0.15) is 11.6 Å². The standard InChI is InChI=1S/C17H11F4N3O3S/c18-11-3-1-10(2-4-11)15-23-24-16(26-15)28-9-14(25)22-12-5-7-13(8-6-12)27-17(19,20)21/h1-8H,9H2,(H,22,25). The zero-order valence-electron chi connectivity index (χ0n) is 13.9. The Bertz CT molecular complexity index is 944. The van der Waals surface area contributed by atoms with E-state index in [0.717, 1.165) is 23.9 Å². The minimum Gasteiger partial charge on any atom is -0.411 e. The highest BCUT2D eigenvalue weighted by Gasteiger charge is 2.30. The summed E-state index contributed by atoms with van der Waals surface area (Å²) in [6.45, 7) is 0. The van der Waals surface area contributed by atoms with Crippen LogP contribution in [-0.4, -0.2) is 28.2 Å². The highest BCUT2D eigenvalue weighted by Crippen LogP contribution is 2.25. The summed E-state index contributed by atoms with van der Waals surface area (Å²) in [6.07, 6.45) is -4.78. The first-order valence-electron chi connectivity index (χ1n) is 7.66. The Morgan fingerprint density at radius 1 is 1.07 bits per heavy atom. The van der Waals surface area contributed by atoms with Crippen molar-refractivity contribution in [3.8, 4) is 17.2 Å². The average molecular weight is 413 g/mol. The minimum atomic E-state index is -4.78. The van der Waals surface area contributed by atoms with E-state index in [1.54, 1.807) is 0 Å². The molecule has 0 aliphatic carbocycles. The normalized spacial score (nSPS) is 11.3. The number of hydrogen-bond acceptors (Lipinski definition) is 6. The summed E-state index contributed by atoms with van der Waals surface area (Å²) in [4.78, 5) is 11.9. The molecule has 0 unspecified atom stereocenters. The van der Waals surface area contributed by atoms with Gasteiger partial charge < -0.3 is 14.5 Å². The second kappa shape index (κ2) is 8.30. The highest BCUT2D eigenvalue weighted by atomic mass is 32.2. The molecule has 1 heterocycles. The molecule has 0 saturated heterocycles. The van der Waals surface area contributed by atoms with Crippen LogP contribution in [0.2, 0.25) is 0 Å². The van der Waals surface area contributed by atoms with Gasteiger partial charge in [0.05, 0.1) is 5.75 Å². The molecule has 0 aliphatic heterocycles. The minimum absolute atomic E-state index is 0.0636. The summed E-state index contributed by atoms with van der Waals surface area (Å²) in [5.74, 6) is -1.09. The maximum Gasteiger partial charge on any atom is 0.573 e. The Hall–Kier alpha value is -3.08. The van der Waals surface area contributed by atoms with Gasteiger partial charge in [-0.3, -0.25) is 4.79 Å². The van der Waals surface area contributed by atoms with Crippen LogP contribution in [-0.2, 0) is 4.79 Å². The van der Waals surface area contributed by atoms with Crippen LogP contribution in [0, 0.1) is 5.82 Å². The molecule has 1 aromatic heterocycles. The Morgan fingerprint density at radius 2 is 1.75 bits per heavy atom. The third kappa shape index (κ3) is 5.71. The largest absolute Gasteiger partial charge is 0.573 e. The molecule has 1 N–H and O–H groups in total. The number of carbonyl (C=O) groups excluding carboxylic acids is 1. The SMILES string of the molecule is O=C(CSc1nnc(-c2ccc(F)cc2)o1)Nc1ccc(OC(F)(F)F)cc1. The number of nitrogens with zero attached hydrogens (tertiary/aromatic N) is 2. The highest BCUT2D eigenvalue weighted by molar-refractivity contribution is 7.99. The zero-order valence-corrected chi connectivity index (χ0v) is 14.7. The number of halogens is 4. The molecule has 0 spiro atoms. The summed E-state index contributed by atoms with van der Waals surface area (Å²) >= 11 is 0.978. The number of hydrogen-bond donors (Lipinski definition) is 1. The lowest BCUT2D eigenvalue weighted by Crippen LogP contribution is -2.17. The average Bonchev–Trinajstić information content (AvgIpc) is 3.10. The molecule has 0 radical (unpaired) electrons. The predicted octanol–water partition coefficient (Wildman–Crippen LogP) is 4.51. The van der Waals surface area contributed by atoms with Crippen LogP contribution in [0.3, 0.4) is 0 Å². The number of alkyl halides is 3. The number of nitrogens with one attached hydrogen (secondary N) is 1. The molecule has 6 nitrogen and oxygen atoms in total. The zero-order chi connectivity index (χ0) is 20.1. The van der Waals surface area contributed by atoms with Gasteiger partial charge in [-0.05, 0) is 48.5 Å². The Kier molecular flexibility index (Phi) is 5.83. The van der Waals surface area contributed by atoms with E-state index in [0.29, 0.717) is 11.3 Å². The van der Waals surface area contributed by atoms with E-state index in [9.17, 15) is 22.4 Å². The van der Waals surface area contributed by atoms with Gasteiger partial charge in [0.25, 0.3) is 5.22 Å². The van der Waals surface area contributed by atoms with Crippen molar-refractivity contribution >= 4 is 23.4 Å². The molecule has 0 atom stereocenters. The van der Waals surface area contributed by atoms with Crippen molar-refractivity contribution in [1.29, 1.82) is 0 Å². The first kappa shape index (κ1) is 19.7. The van der Waals surface area contributed by atoms with Crippen molar-refractivity contribution in [2.45, 2.75) is 11.6 Å². The van der Waals surface area contributed by atoms with Gasteiger partial charge in [-0.25, -0.2) is 4.39 Å². The Balaban J connectivity index is 1.51. The van der Waals surface area contributed by atoms with Crippen LogP contribution >= 0.6 is 11.8 Å². The topological polar surface area (TPSA) is 77.2 Å². The molecule has 11 heteroatoms. The maximum atomic E-state index is 12.9. The van der Waals surface area contributed by atoms with Crippen LogP contribution in [0.1, 0.15) is 0 Å².